The van der Waals surface area contributed by atoms with Gasteiger partial charge >= 0.3 is 5.97 Å². The Balaban J connectivity index is 2.40. The lowest BCUT2D eigenvalue weighted by Gasteiger charge is -2.25. The van der Waals surface area contributed by atoms with E-state index in [4.69, 9.17) is 5.11 Å². The molecule has 0 atom stereocenters. The predicted molar refractivity (Wildman–Crippen MR) is 130 cm³/mol. The van der Waals surface area contributed by atoms with Crippen molar-refractivity contribution >= 4 is 39.5 Å². The summed E-state index contributed by atoms with van der Waals surface area (Å²) in [4.78, 5) is 27.3. The summed E-state index contributed by atoms with van der Waals surface area (Å²) in [5.74, 6) is -0.783. The minimum absolute atomic E-state index is 0.0492. The fourth-order valence-corrected chi connectivity index (χ4v) is 3.55. The fraction of sp³-hybridized carbons (Fsp3) is 0.500. The Morgan fingerprint density at radius 2 is 1.40 bits per heavy atom. The number of aliphatic hydroxyl groups excluding tert-OH is 3. The summed E-state index contributed by atoms with van der Waals surface area (Å²) in [6, 6.07) is 5.90. The molecule has 0 radical (unpaired) electrons. The first kappa shape index (κ1) is 28.1. The Kier molecular flexibility index (Phi) is 11.0. The molecule has 2 rings (SSSR count). The van der Waals surface area contributed by atoms with Crippen LogP contribution in [0.1, 0.15) is 17.3 Å². The zero-order chi connectivity index (χ0) is 25.8. The van der Waals surface area contributed by atoms with Gasteiger partial charge in [-0.3, -0.25) is 0 Å². The number of rotatable bonds is 16. The van der Waals surface area contributed by atoms with Gasteiger partial charge in [-0.05, 0) is 31.2 Å². The van der Waals surface area contributed by atoms with Crippen LogP contribution in [0.4, 0.5) is 23.5 Å². The van der Waals surface area contributed by atoms with Crippen molar-refractivity contribution in [2.75, 3.05) is 73.4 Å². The van der Waals surface area contributed by atoms with Crippen molar-refractivity contribution in [1.82, 2.24) is 19.7 Å². The number of hydrogen-bond donors (Lipinski definition) is 6. The monoisotopic (exact) mass is 513 g/mol. The van der Waals surface area contributed by atoms with E-state index in [1.54, 1.807) is 9.80 Å². The van der Waals surface area contributed by atoms with Crippen LogP contribution in [-0.2, 0) is 10.0 Å². The Hall–Kier alpha value is -3.11. The topological polar surface area (TPSA) is 201 Å². The maximum Gasteiger partial charge on any atom is 0.335 e. The lowest BCUT2D eigenvalue weighted by Crippen LogP contribution is -2.38. The molecule has 0 aliphatic rings. The molecule has 0 bridgehead atoms. The van der Waals surface area contributed by atoms with Crippen molar-refractivity contribution < 1.29 is 33.6 Å². The van der Waals surface area contributed by atoms with Crippen LogP contribution in [-0.4, -0.2) is 108 Å². The SMILES string of the molecule is CCS(=O)(=O)NCCN(CCO)c1nc(Nc2ccc(C(=O)O)cc2)nc(N(CCO)CCO)n1. The molecule has 0 aliphatic carbocycles. The molecular weight excluding hydrogens is 482 g/mol. The lowest BCUT2D eigenvalue weighted by molar-refractivity contribution is 0.0697. The number of carboxylic acids is 1. The van der Waals surface area contributed by atoms with Gasteiger partial charge in [0.25, 0.3) is 0 Å². The van der Waals surface area contributed by atoms with Crippen LogP contribution in [0, 0.1) is 0 Å². The molecule has 0 amide bonds. The first-order valence-corrected chi connectivity index (χ1v) is 12.5. The van der Waals surface area contributed by atoms with Crippen molar-refractivity contribution in [2.24, 2.45) is 0 Å². The van der Waals surface area contributed by atoms with Crippen LogP contribution < -0.4 is 19.8 Å². The third-order valence-corrected chi connectivity index (χ3v) is 6.16. The van der Waals surface area contributed by atoms with E-state index in [9.17, 15) is 28.5 Å². The smallest absolute Gasteiger partial charge is 0.335 e. The molecule has 0 spiro atoms. The van der Waals surface area contributed by atoms with Gasteiger partial charge < -0.3 is 35.5 Å². The van der Waals surface area contributed by atoms with Gasteiger partial charge in [0.1, 0.15) is 0 Å². The van der Waals surface area contributed by atoms with Crippen LogP contribution in [0.25, 0.3) is 0 Å². The number of sulfonamides is 1. The molecule has 0 fully saturated rings. The van der Waals surface area contributed by atoms with E-state index in [2.05, 4.69) is 25.0 Å². The highest BCUT2D eigenvalue weighted by Gasteiger charge is 2.18. The number of nitrogens with zero attached hydrogens (tertiary/aromatic N) is 5. The molecule has 0 saturated heterocycles. The van der Waals surface area contributed by atoms with E-state index < -0.39 is 16.0 Å². The van der Waals surface area contributed by atoms with Gasteiger partial charge in [-0.15, -0.1) is 0 Å². The average molecular weight is 514 g/mol. The van der Waals surface area contributed by atoms with Crippen molar-refractivity contribution in [3.05, 3.63) is 29.8 Å². The van der Waals surface area contributed by atoms with Crippen molar-refractivity contribution in [2.45, 2.75) is 6.92 Å². The summed E-state index contributed by atoms with van der Waals surface area (Å²) in [7, 11) is -3.42. The standard InChI is InChI=1S/C20H31N7O7S/c1-2-35(33,34)21-7-8-26(9-12-28)19-23-18(22-16-5-3-15(4-6-16)17(31)32)24-20(25-19)27(10-13-29)11-14-30/h3-6,21,28-30H,2,7-14H2,1H3,(H,31,32)(H,22,23,24,25). The van der Waals surface area contributed by atoms with Gasteiger partial charge in [-0.2, -0.15) is 15.0 Å². The summed E-state index contributed by atoms with van der Waals surface area (Å²) in [5.41, 5.74) is 0.603. The summed E-state index contributed by atoms with van der Waals surface area (Å²) in [6.45, 7) is 1.38. The minimum atomic E-state index is -3.42. The van der Waals surface area contributed by atoms with Crippen LogP contribution in [0.3, 0.4) is 0 Å². The van der Waals surface area contributed by atoms with Gasteiger partial charge in [0.15, 0.2) is 0 Å². The molecule has 14 nitrogen and oxygen atoms in total. The maximum atomic E-state index is 11.8. The summed E-state index contributed by atoms with van der Waals surface area (Å²) >= 11 is 0. The normalized spacial score (nSPS) is 11.3. The number of benzene rings is 1. The molecule has 1 aromatic heterocycles. The fourth-order valence-electron chi connectivity index (χ4n) is 2.94. The van der Waals surface area contributed by atoms with E-state index in [-0.39, 0.29) is 81.7 Å². The number of aromatic nitrogens is 3. The van der Waals surface area contributed by atoms with E-state index in [1.807, 2.05) is 0 Å². The lowest BCUT2D eigenvalue weighted by atomic mass is 10.2. The Morgan fingerprint density at radius 1 is 0.886 bits per heavy atom. The predicted octanol–water partition coefficient (Wildman–Crippen LogP) is -1.16. The van der Waals surface area contributed by atoms with E-state index in [0.717, 1.165) is 0 Å². The molecule has 35 heavy (non-hydrogen) atoms. The first-order valence-electron chi connectivity index (χ1n) is 10.9. The second-order valence-corrected chi connectivity index (χ2v) is 9.30. The zero-order valence-corrected chi connectivity index (χ0v) is 20.1. The Labute approximate surface area is 203 Å². The highest BCUT2D eigenvalue weighted by atomic mass is 32.2. The van der Waals surface area contributed by atoms with Gasteiger partial charge in [0, 0.05) is 38.4 Å². The molecule has 6 N–H and O–H groups in total. The van der Waals surface area contributed by atoms with Crippen LogP contribution in [0.5, 0.6) is 0 Å². The number of hydrogen-bond acceptors (Lipinski definition) is 12. The number of nitrogens with one attached hydrogen (secondary N) is 2. The number of carboxylic acid groups (broad SMARTS) is 1. The van der Waals surface area contributed by atoms with Gasteiger partial charge in [0.05, 0.1) is 31.1 Å². The molecule has 0 saturated carbocycles. The molecule has 2 aromatic rings. The van der Waals surface area contributed by atoms with Crippen molar-refractivity contribution in [1.29, 1.82) is 0 Å². The number of aliphatic hydroxyl groups is 3. The Bertz CT molecular complexity index is 1050. The summed E-state index contributed by atoms with van der Waals surface area (Å²) in [6.07, 6.45) is 0. The Morgan fingerprint density at radius 3 is 1.86 bits per heavy atom. The van der Waals surface area contributed by atoms with Crippen molar-refractivity contribution in [3.8, 4) is 0 Å². The molecule has 1 aromatic carbocycles. The second kappa shape index (κ2) is 13.7. The van der Waals surface area contributed by atoms with E-state index >= 15 is 0 Å². The van der Waals surface area contributed by atoms with Crippen LogP contribution >= 0.6 is 0 Å². The van der Waals surface area contributed by atoms with Gasteiger partial charge in [0.2, 0.25) is 27.9 Å². The molecule has 0 aliphatic heterocycles. The highest BCUT2D eigenvalue weighted by Crippen LogP contribution is 2.20. The number of aromatic carboxylic acids is 1. The summed E-state index contributed by atoms with van der Waals surface area (Å²) in [5, 5.41) is 40.4. The number of anilines is 4. The summed E-state index contributed by atoms with van der Waals surface area (Å²) < 4.78 is 26.0. The van der Waals surface area contributed by atoms with E-state index in [1.165, 1.54) is 31.2 Å². The second-order valence-electron chi connectivity index (χ2n) is 7.21. The molecule has 194 valence electrons. The quantitative estimate of drug-likeness (QED) is 0.157. The third kappa shape index (κ3) is 8.88. The van der Waals surface area contributed by atoms with Gasteiger partial charge in [-0.1, -0.05) is 0 Å². The van der Waals surface area contributed by atoms with Crippen LogP contribution in [0.2, 0.25) is 0 Å². The third-order valence-electron chi connectivity index (χ3n) is 4.76. The minimum Gasteiger partial charge on any atom is -0.478 e. The average Bonchev–Trinajstić information content (AvgIpc) is 2.83. The number of carbonyl (C=O) groups is 1. The van der Waals surface area contributed by atoms with Gasteiger partial charge in [-0.25, -0.2) is 17.9 Å². The molecular formula is C20H31N7O7S. The van der Waals surface area contributed by atoms with E-state index in [0.29, 0.717) is 5.69 Å². The largest absolute Gasteiger partial charge is 0.478 e. The van der Waals surface area contributed by atoms with Crippen molar-refractivity contribution in [3.63, 3.8) is 0 Å². The maximum absolute atomic E-state index is 11.8. The highest BCUT2D eigenvalue weighted by molar-refractivity contribution is 7.89. The molecule has 15 heteroatoms. The molecule has 1 heterocycles. The first-order chi connectivity index (χ1) is 16.7. The zero-order valence-electron chi connectivity index (χ0n) is 19.3. The van der Waals surface area contributed by atoms with Crippen LogP contribution in [0.15, 0.2) is 24.3 Å². The molecule has 0 unspecified atom stereocenters.